The summed E-state index contributed by atoms with van der Waals surface area (Å²) in [5, 5.41) is 7.70. The quantitative estimate of drug-likeness (QED) is 0.811. The molecule has 0 radical (unpaired) electrons. The number of hydrogen-bond donors (Lipinski definition) is 1. The third kappa shape index (κ3) is 5.11. The first-order valence-electron chi connectivity index (χ1n) is 7.19. The van der Waals surface area contributed by atoms with Gasteiger partial charge in [-0.15, -0.1) is 0 Å². The van der Waals surface area contributed by atoms with E-state index in [4.69, 9.17) is 9.47 Å². The average molecular weight is 289 g/mol. The Morgan fingerprint density at radius 1 is 1.19 bits per heavy atom. The SMILES string of the molecule is COc1ccc(OCCn2cc(CNC(C)C)cn2)cc1. The Hall–Kier alpha value is -2.01. The topological polar surface area (TPSA) is 48.3 Å². The fraction of sp³-hybridized carbons (Fsp3) is 0.438. The van der Waals surface area contributed by atoms with Crippen molar-refractivity contribution in [2.75, 3.05) is 13.7 Å². The molecule has 21 heavy (non-hydrogen) atoms. The van der Waals surface area contributed by atoms with Gasteiger partial charge in [-0.05, 0) is 24.3 Å². The van der Waals surface area contributed by atoms with Crippen LogP contribution >= 0.6 is 0 Å². The summed E-state index contributed by atoms with van der Waals surface area (Å²) in [6, 6.07) is 8.06. The minimum Gasteiger partial charge on any atom is -0.497 e. The second kappa shape index (κ2) is 7.69. The molecule has 1 aromatic heterocycles. The molecule has 0 amide bonds. The van der Waals surface area contributed by atoms with Gasteiger partial charge in [0.05, 0.1) is 19.9 Å². The van der Waals surface area contributed by atoms with Crippen LogP contribution in [-0.2, 0) is 13.1 Å². The van der Waals surface area contributed by atoms with Crippen LogP contribution in [0.15, 0.2) is 36.7 Å². The van der Waals surface area contributed by atoms with Gasteiger partial charge in [0.25, 0.3) is 0 Å². The van der Waals surface area contributed by atoms with Crippen LogP contribution < -0.4 is 14.8 Å². The van der Waals surface area contributed by atoms with E-state index in [1.165, 1.54) is 5.56 Å². The molecule has 1 aromatic carbocycles. The normalized spacial score (nSPS) is 10.9. The van der Waals surface area contributed by atoms with Gasteiger partial charge in [0.1, 0.15) is 18.1 Å². The van der Waals surface area contributed by atoms with Crippen LogP contribution in [0.3, 0.4) is 0 Å². The van der Waals surface area contributed by atoms with Crippen LogP contribution in [0.1, 0.15) is 19.4 Å². The summed E-state index contributed by atoms with van der Waals surface area (Å²) in [5.41, 5.74) is 1.19. The molecule has 1 heterocycles. The third-order valence-electron chi connectivity index (χ3n) is 3.05. The van der Waals surface area contributed by atoms with Crippen LogP contribution in [-0.4, -0.2) is 29.5 Å². The van der Waals surface area contributed by atoms with Gasteiger partial charge in [0.15, 0.2) is 0 Å². The molecule has 0 aliphatic heterocycles. The lowest BCUT2D eigenvalue weighted by molar-refractivity contribution is 0.290. The molecule has 1 N–H and O–H groups in total. The second-order valence-corrected chi connectivity index (χ2v) is 5.17. The van der Waals surface area contributed by atoms with Crippen molar-refractivity contribution in [2.45, 2.75) is 33.0 Å². The fourth-order valence-electron chi connectivity index (χ4n) is 1.87. The predicted octanol–water partition coefficient (Wildman–Crippen LogP) is 2.47. The number of ether oxygens (including phenoxy) is 2. The summed E-state index contributed by atoms with van der Waals surface area (Å²) in [6.07, 6.45) is 3.94. The lowest BCUT2D eigenvalue weighted by Crippen LogP contribution is -2.21. The summed E-state index contributed by atoms with van der Waals surface area (Å²) in [4.78, 5) is 0. The molecule has 0 fully saturated rings. The Kier molecular flexibility index (Phi) is 5.63. The molecule has 0 aliphatic rings. The van der Waals surface area contributed by atoms with Crippen LogP contribution in [0, 0.1) is 0 Å². The van der Waals surface area contributed by atoms with Gasteiger partial charge >= 0.3 is 0 Å². The maximum atomic E-state index is 5.68. The molecule has 0 bridgehead atoms. The van der Waals surface area contributed by atoms with E-state index in [-0.39, 0.29) is 0 Å². The van der Waals surface area contributed by atoms with Crippen molar-refractivity contribution in [2.24, 2.45) is 0 Å². The Morgan fingerprint density at radius 3 is 2.57 bits per heavy atom. The number of nitrogens with one attached hydrogen (secondary N) is 1. The van der Waals surface area contributed by atoms with E-state index in [0.717, 1.165) is 24.6 Å². The first-order chi connectivity index (χ1) is 10.2. The molecule has 5 nitrogen and oxygen atoms in total. The molecule has 2 aromatic rings. The molecule has 5 heteroatoms. The van der Waals surface area contributed by atoms with E-state index in [1.807, 2.05) is 41.3 Å². The zero-order valence-corrected chi connectivity index (χ0v) is 12.9. The van der Waals surface area contributed by atoms with Crippen LogP contribution in [0.25, 0.3) is 0 Å². The fourth-order valence-corrected chi connectivity index (χ4v) is 1.87. The summed E-state index contributed by atoms with van der Waals surface area (Å²) < 4.78 is 12.7. The minimum absolute atomic E-state index is 0.478. The molecule has 2 rings (SSSR count). The van der Waals surface area contributed by atoms with E-state index < -0.39 is 0 Å². The van der Waals surface area contributed by atoms with Crippen molar-refractivity contribution in [1.29, 1.82) is 0 Å². The van der Waals surface area contributed by atoms with Gasteiger partial charge in [-0.1, -0.05) is 13.8 Å². The molecular formula is C16H23N3O2. The van der Waals surface area contributed by atoms with Gasteiger partial charge in [0, 0.05) is 24.3 Å². The predicted molar refractivity (Wildman–Crippen MR) is 82.7 cm³/mol. The first kappa shape index (κ1) is 15.4. The maximum absolute atomic E-state index is 5.68. The van der Waals surface area contributed by atoms with E-state index in [9.17, 15) is 0 Å². The third-order valence-corrected chi connectivity index (χ3v) is 3.05. The van der Waals surface area contributed by atoms with Gasteiger partial charge in [0.2, 0.25) is 0 Å². The first-order valence-corrected chi connectivity index (χ1v) is 7.19. The number of benzene rings is 1. The van der Waals surface area contributed by atoms with E-state index in [1.54, 1.807) is 7.11 Å². The number of hydrogen-bond acceptors (Lipinski definition) is 4. The Balaban J connectivity index is 1.75. The zero-order valence-electron chi connectivity index (χ0n) is 12.9. The van der Waals surface area contributed by atoms with Crippen LogP contribution in [0.5, 0.6) is 11.5 Å². The Morgan fingerprint density at radius 2 is 1.90 bits per heavy atom. The van der Waals surface area contributed by atoms with Crippen molar-refractivity contribution in [3.8, 4) is 11.5 Å². The smallest absolute Gasteiger partial charge is 0.119 e. The van der Waals surface area contributed by atoms with E-state index in [2.05, 4.69) is 24.3 Å². The minimum atomic E-state index is 0.478. The molecule has 114 valence electrons. The molecule has 0 saturated heterocycles. The van der Waals surface area contributed by atoms with Crippen LogP contribution in [0.4, 0.5) is 0 Å². The van der Waals surface area contributed by atoms with Gasteiger partial charge < -0.3 is 14.8 Å². The lowest BCUT2D eigenvalue weighted by atomic mass is 10.3. The maximum Gasteiger partial charge on any atom is 0.119 e. The van der Waals surface area contributed by atoms with Crippen molar-refractivity contribution >= 4 is 0 Å². The Bertz CT molecular complexity index is 535. The van der Waals surface area contributed by atoms with Crippen molar-refractivity contribution < 1.29 is 9.47 Å². The van der Waals surface area contributed by atoms with Crippen LogP contribution in [0.2, 0.25) is 0 Å². The highest BCUT2D eigenvalue weighted by molar-refractivity contribution is 5.31. The Labute approximate surface area is 125 Å². The molecular weight excluding hydrogens is 266 g/mol. The number of rotatable bonds is 8. The number of aromatic nitrogens is 2. The summed E-state index contributed by atoms with van der Waals surface area (Å²) >= 11 is 0. The summed E-state index contributed by atoms with van der Waals surface area (Å²) in [5.74, 6) is 1.67. The van der Waals surface area contributed by atoms with Gasteiger partial charge in [-0.3, -0.25) is 4.68 Å². The van der Waals surface area contributed by atoms with E-state index >= 15 is 0 Å². The molecule has 0 atom stereocenters. The molecule has 0 unspecified atom stereocenters. The highest BCUT2D eigenvalue weighted by Gasteiger charge is 2.01. The number of methoxy groups -OCH3 is 1. The standard InChI is InChI=1S/C16H23N3O2/c1-13(2)17-10-14-11-18-19(12-14)8-9-21-16-6-4-15(20-3)5-7-16/h4-7,11-13,17H,8-10H2,1-3H3. The average Bonchev–Trinajstić information content (AvgIpc) is 2.94. The van der Waals surface area contributed by atoms with Gasteiger partial charge in [-0.25, -0.2) is 0 Å². The van der Waals surface area contributed by atoms with Gasteiger partial charge in [-0.2, -0.15) is 5.10 Å². The lowest BCUT2D eigenvalue weighted by Gasteiger charge is -2.07. The monoisotopic (exact) mass is 289 g/mol. The highest BCUT2D eigenvalue weighted by atomic mass is 16.5. The number of nitrogens with zero attached hydrogens (tertiary/aromatic N) is 2. The largest absolute Gasteiger partial charge is 0.497 e. The molecule has 0 saturated carbocycles. The second-order valence-electron chi connectivity index (χ2n) is 5.17. The highest BCUT2D eigenvalue weighted by Crippen LogP contribution is 2.16. The summed E-state index contributed by atoms with van der Waals surface area (Å²) in [7, 11) is 1.65. The zero-order chi connectivity index (χ0) is 15.1. The molecule has 0 aliphatic carbocycles. The summed E-state index contributed by atoms with van der Waals surface area (Å²) in [6.45, 7) is 6.43. The molecule has 0 spiro atoms. The van der Waals surface area contributed by atoms with Crippen molar-refractivity contribution in [1.82, 2.24) is 15.1 Å². The van der Waals surface area contributed by atoms with Crippen molar-refractivity contribution in [3.63, 3.8) is 0 Å². The van der Waals surface area contributed by atoms with Crippen molar-refractivity contribution in [3.05, 3.63) is 42.2 Å². The van der Waals surface area contributed by atoms with E-state index in [0.29, 0.717) is 12.6 Å².